The van der Waals surface area contributed by atoms with E-state index in [1.54, 1.807) is 0 Å². The largest absolute Gasteiger partial charge is 0.462 e. The second-order valence-electron chi connectivity index (χ2n) is 21.3. The third-order valence-corrected chi connectivity index (χ3v) is 13.9. The first kappa shape index (κ1) is 71.6. The van der Waals surface area contributed by atoms with Gasteiger partial charge >= 0.3 is 17.9 Å². The van der Waals surface area contributed by atoms with E-state index in [4.69, 9.17) is 14.2 Å². The Morgan fingerprint density at radius 3 is 0.813 bits per heavy atom. The Hall–Kier alpha value is -3.41. The molecule has 0 rings (SSSR count). The fourth-order valence-electron chi connectivity index (χ4n) is 9.16. The van der Waals surface area contributed by atoms with Crippen molar-refractivity contribution in [3.05, 3.63) is 85.1 Å². The lowest BCUT2D eigenvalue weighted by atomic mass is 10.0. The summed E-state index contributed by atoms with van der Waals surface area (Å²) in [5, 5.41) is 0. The van der Waals surface area contributed by atoms with Gasteiger partial charge in [0.05, 0.1) is 0 Å². The summed E-state index contributed by atoms with van der Waals surface area (Å²) in [5.74, 6) is -0.878. The summed E-state index contributed by atoms with van der Waals surface area (Å²) in [6, 6.07) is 0. The molecule has 0 aromatic carbocycles. The van der Waals surface area contributed by atoms with Gasteiger partial charge in [-0.1, -0.05) is 292 Å². The summed E-state index contributed by atoms with van der Waals surface area (Å²) >= 11 is 0. The summed E-state index contributed by atoms with van der Waals surface area (Å²) in [5.41, 5.74) is 0. The Labute approximate surface area is 465 Å². The SMILES string of the molecule is CC/C=C\C/C=C\C/C=C\C/C=C\CCCCCCCCCCCCC(=O)OCC(COC(=O)CCCCCCCCCCCCCCCCCCC)OC(=O)CCCCCCCCC/C=C\C/C=C\C/C=C\CC. The molecule has 0 aliphatic heterocycles. The zero-order valence-corrected chi connectivity index (χ0v) is 49.6. The monoisotopic (exact) mass is 1040 g/mol. The van der Waals surface area contributed by atoms with Crippen molar-refractivity contribution in [2.45, 2.75) is 322 Å². The number of hydrogen-bond acceptors (Lipinski definition) is 6. The first-order valence-corrected chi connectivity index (χ1v) is 32.1. The highest BCUT2D eigenvalue weighted by atomic mass is 16.6. The Kier molecular flexibility index (Phi) is 60.3. The fraction of sp³-hybridized carbons (Fsp3) is 0.754. The number of esters is 3. The van der Waals surface area contributed by atoms with E-state index in [0.29, 0.717) is 19.3 Å². The predicted octanol–water partition coefficient (Wildman–Crippen LogP) is 21.9. The molecule has 1 atom stereocenters. The highest BCUT2D eigenvalue weighted by Gasteiger charge is 2.19. The number of unbranched alkanes of at least 4 members (excludes halogenated alkanes) is 33. The molecule has 0 spiro atoms. The van der Waals surface area contributed by atoms with Gasteiger partial charge in [0.15, 0.2) is 6.10 Å². The highest BCUT2D eigenvalue weighted by molar-refractivity contribution is 5.71. The van der Waals surface area contributed by atoms with Crippen molar-refractivity contribution in [3.63, 3.8) is 0 Å². The average Bonchev–Trinajstić information content (AvgIpc) is 3.41. The maximum Gasteiger partial charge on any atom is 0.306 e. The molecule has 6 nitrogen and oxygen atoms in total. The number of allylic oxidation sites excluding steroid dienone is 14. The van der Waals surface area contributed by atoms with Gasteiger partial charge in [0, 0.05) is 19.3 Å². The topological polar surface area (TPSA) is 78.9 Å². The standard InChI is InChI=1S/C69H120O6/c1-4-7-10-13-16-19-22-25-28-31-32-33-34-35-36-39-41-44-47-50-53-56-59-62-68(71)74-65-66(75-69(72)63-60-57-54-51-48-45-42-38-30-27-24-21-18-15-12-9-6-3)64-73-67(70)61-58-55-52-49-46-43-40-37-29-26-23-20-17-14-11-8-5-2/h7,9-10,12,16,18-19,21,25,27-28,30,32-33,66H,4-6,8,11,13-15,17,20,22-24,26,29,31,34-65H2,1-3H3/b10-7-,12-9-,19-16-,21-18-,28-25-,30-27-,33-32-. The second kappa shape index (κ2) is 63.1. The van der Waals surface area contributed by atoms with E-state index >= 15 is 0 Å². The van der Waals surface area contributed by atoms with Crippen molar-refractivity contribution < 1.29 is 28.6 Å². The van der Waals surface area contributed by atoms with Gasteiger partial charge in [-0.3, -0.25) is 14.4 Å². The minimum Gasteiger partial charge on any atom is -0.462 e. The van der Waals surface area contributed by atoms with Gasteiger partial charge < -0.3 is 14.2 Å². The van der Waals surface area contributed by atoms with E-state index in [-0.39, 0.29) is 31.1 Å². The molecule has 1 unspecified atom stereocenters. The van der Waals surface area contributed by atoms with Crippen LogP contribution >= 0.6 is 0 Å². The smallest absolute Gasteiger partial charge is 0.306 e. The minimum atomic E-state index is -0.784. The molecule has 0 saturated heterocycles. The first-order chi connectivity index (χ1) is 37.0. The molecule has 0 N–H and O–H groups in total. The molecule has 6 heteroatoms. The van der Waals surface area contributed by atoms with Gasteiger partial charge in [0.1, 0.15) is 13.2 Å². The number of ether oxygens (including phenoxy) is 3. The van der Waals surface area contributed by atoms with Crippen molar-refractivity contribution in [1.29, 1.82) is 0 Å². The molecule has 0 radical (unpaired) electrons. The molecule has 0 aromatic heterocycles. The van der Waals surface area contributed by atoms with E-state index in [9.17, 15) is 14.4 Å². The van der Waals surface area contributed by atoms with Gasteiger partial charge in [-0.05, 0) is 89.9 Å². The Balaban J connectivity index is 4.36. The van der Waals surface area contributed by atoms with E-state index in [1.165, 1.54) is 167 Å². The first-order valence-electron chi connectivity index (χ1n) is 32.1. The number of rotatable bonds is 58. The number of hydrogen-bond donors (Lipinski definition) is 0. The summed E-state index contributed by atoms with van der Waals surface area (Å²) in [6.45, 7) is 6.45. The van der Waals surface area contributed by atoms with Crippen molar-refractivity contribution >= 4 is 17.9 Å². The van der Waals surface area contributed by atoms with Crippen LogP contribution < -0.4 is 0 Å². The zero-order chi connectivity index (χ0) is 54.3. The highest BCUT2D eigenvalue weighted by Crippen LogP contribution is 2.17. The lowest BCUT2D eigenvalue weighted by Crippen LogP contribution is -2.30. The third kappa shape index (κ3) is 61.3. The Morgan fingerprint density at radius 1 is 0.280 bits per heavy atom. The van der Waals surface area contributed by atoms with Gasteiger partial charge in [-0.25, -0.2) is 0 Å². The number of carbonyl (C=O) groups is 3. The van der Waals surface area contributed by atoms with Crippen LogP contribution in [-0.4, -0.2) is 37.2 Å². The number of carbonyl (C=O) groups excluding carboxylic acids is 3. The van der Waals surface area contributed by atoms with Crippen LogP contribution in [0.2, 0.25) is 0 Å². The molecule has 0 saturated carbocycles. The molecular weight excluding hydrogens is 925 g/mol. The normalized spacial score (nSPS) is 12.6. The molecule has 0 aliphatic carbocycles. The van der Waals surface area contributed by atoms with Gasteiger partial charge in [0.25, 0.3) is 0 Å². The molecule has 0 fully saturated rings. The van der Waals surface area contributed by atoms with E-state index in [2.05, 4.69) is 106 Å². The van der Waals surface area contributed by atoms with Crippen LogP contribution in [-0.2, 0) is 28.6 Å². The predicted molar refractivity (Wildman–Crippen MR) is 325 cm³/mol. The van der Waals surface area contributed by atoms with Crippen LogP contribution in [0.25, 0.3) is 0 Å². The van der Waals surface area contributed by atoms with Gasteiger partial charge in [0.2, 0.25) is 0 Å². The average molecular weight is 1050 g/mol. The Bertz CT molecular complexity index is 1430. The molecule has 0 aromatic rings. The van der Waals surface area contributed by atoms with Crippen LogP contribution in [0.3, 0.4) is 0 Å². The zero-order valence-electron chi connectivity index (χ0n) is 49.6. The summed E-state index contributed by atoms with van der Waals surface area (Å²) in [6.07, 6.45) is 83.0. The Morgan fingerprint density at radius 2 is 0.520 bits per heavy atom. The third-order valence-electron chi connectivity index (χ3n) is 13.9. The van der Waals surface area contributed by atoms with Crippen LogP contribution in [0.1, 0.15) is 316 Å². The molecule has 432 valence electrons. The quantitative estimate of drug-likeness (QED) is 0.0261. The maximum absolute atomic E-state index is 12.9. The molecule has 75 heavy (non-hydrogen) atoms. The molecule has 0 heterocycles. The van der Waals surface area contributed by atoms with Gasteiger partial charge in [-0.15, -0.1) is 0 Å². The van der Waals surface area contributed by atoms with E-state index in [1.807, 2.05) is 0 Å². The van der Waals surface area contributed by atoms with Crippen molar-refractivity contribution in [2.75, 3.05) is 13.2 Å². The molecule has 0 aliphatic rings. The lowest BCUT2D eigenvalue weighted by Gasteiger charge is -2.18. The van der Waals surface area contributed by atoms with Crippen LogP contribution in [0, 0.1) is 0 Å². The molecule has 0 bridgehead atoms. The van der Waals surface area contributed by atoms with Crippen molar-refractivity contribution in [1.82, 2.24) is 0 Å². The van der Waals surface area contributed by atoms with Crippen molar-refractivity contribution in [2.24, 2.45) is 0 Å². The van der Waals surface area contributed by atoms with Crippen molar-refractivity contribution in [3.8, 4) is 0 Å². The maximum atomic E-state index is 12.9. The van der Waals surface area contributed by atoms with E-state index < -0.39 is 6.10 Å². The minimum absolute atomic E-state index is 0.0787. The van der Waals surface area contributed by atoms with E-state index in [0.717, 1.165) is 109 Å². The van der Waals surface area contributed by atoms with Crippen LogP contribution in [0.15, 0.2) is 85.1 Å². The van der Waals surface area contributed by atoms with Crippen LogP contribution in [0.4, 0.5) is 0 Å². The molecule has 0 amide bonds. The lowest BCUT2D eigenvalue weighted by molar-refractivity contribution is -0.167. The summed E-state index contributed by atoms with van der Waals surface area (Å²) in [4.78, 5) is 38.4. The summed E-state index contributed by atoms with van der Waals surface area (Å²) in [7, 11) is 0. The fourth-order valence-corrected chi connectivity index (χ4v) is 9.16. The summed E-state index contributed by atoms with van der Waals surface area (Å²) < 4.78 is 16.9. The van der Waals surface area contributed by atoms with Gasteiger partial charge in [-0.2, -0.15) is 0 Å². The van der Waals surface area contributed by atoms with Crippen LogP contribution in [0.5, 0.6) is 0 Å². The second-order valence-corrected chi connectivity index (χ2v) is 21.3. The molecular formula is C69H120O6.